The van der Waals surface area contributed by atoms with Gasteiger partial charge in [0.1, 0.15) is 0 Å². The van der Waals surface area contributed by atoms with Crippen LogP contribution in [0.5, 0.6) is 0 Å². The van der Waals surface area contributed by atoms with E-state index in [1.165, 1.54) is 6.42 Å². The van der Waals surface area contributed by atoms with E-state index in [0.29, 0.717) is 0 Å². The summed E-state index contributed by atoms with van der Waals surface area (Å²) in [5.74, 6) is -0.0719. The van der Waals surface area contributed by atoms with Crippen molar-refractivity contribution >= 4 is 5.91 Å². The number of aliphatic hydroxyl groups excluding tert-OH is 1. The Morgan fingerprint density at radius 1 is 1.25 bits per heavy atom. The molecule has 1 aliphatic carbocycles. The first kappa shape index (κ1) is 15.0. The molecule has 4 nitrogen and oxygen atoms in total. The molecule has 0 radical (unpaired) electrons. The molecule has 0 aromatic heterocycles. The van der Waals surface area contributed by atoms with Gasteiger partial charge in [-0.2, -0.15) is 0 Å². The van der Waals surface area contributed by atoms with Crippen molar-refractivity contribution in [2.45, 2.75) is 50.1 Å². The summed E-state index contributed by atoms with van der Waals surface area (Å²) < 4.78 is 0. The summed E-state index contributed by atoms with van der Waals surface area (Å²) in [6.45, 7) is 0.0132. The molecule has 2 rings (SSSR count). The minimum absolute atomic E-state index is 0.0132. The van der Waals surface area contributed by atoms with Gasteiger partial charge in [-0.3, -0.25) is 4.79 Å². The molecule has 1 saturated carbocycles. The molecule has 0 spiro atoms. The first-order valence-corrected chi connectivity index (χ1v) is 7.38. The van der Waals surface area contributed by atoms with Crippen LogP contribution in [-0.2, 0) is 4.79 Å². The summed E-state index contributed by atoms with van der Waals surface area (Å²) in [5.41, 5.74) is 6.60. The molecule has 1 atom stereocenters. The molecule has 0 aliphatic heterocycles. The van der Waals surface area contributed by atoms with Gasteiger partial charge >= 0.3 is 0 Å². The van der Waals surface area contributed by atoms with E-state index in [1.54, 1.807) is 0 Å². The van der Waals surface area contributed by atoms with Gasteiger partial charge in [0.2, 0.25) is 5.91 Å². The minimum Gasteiger partial charge on any atom is -0.394 e. The number of benzene rings is 1. The second kappa shape index (κ2) is 6.86. The summed E-state index contributed by atoms with van der Waals surface area (Å²) in [5, 5.41) is 12.6. The zero-order valence-corrected chi connectivity index (χ0v) is 11.8. The largest absolute Gasteiger partial charge is 0.394 e. The molecule has 0 saturated heterocycles. The van der Waals surface area contributed by atoms with E-state index >= 15 is 0 Å². The Hall–Kier alpha value is -1.39. The number of carbonyl (C=O) groups excluding carboxylic acids is 1. The molecule has 4 heteroatoms. The lowest BCUT2D eigenvalue weighted by molar-refractivity contribution is -0.124. The maximum absolute atomic E-state index is 12.2. The van der Waals surface area contributed by atoms with Crippen LogP contribution in [0.4, 0.5) is 0 Å². The minimum atomic E-state index is -0.425. The van der Waals surface area contributed by atoms with Crippen LogP contribution >= 0.6 is 0 Å². The van der Waals surface area contributed by atoms with E-state index in [2.05, 4.69) is 5.32 Å². The van der Waals surface area contributed by atoms with Gasteiger partial charge in [-0.05, 0) is 18.4 Å². The first-order valence-electron chi connectivity index (χ1n) is 7.38. The first-order chi connectivity index (χ1) is 9.65. The summed E-state index contributed by atoms with van der Waals surface area (Å²) in [6, 6.07) is 9.34. The molecule has 1 aromatic rings. The molecule has 1 unspecified atom stereocenters. The van der Waals surface area contributed by atoms with Crippen LogP contribution in [0.2, 0.25) is 0 Å². The third kappa shape index (κ3) is 3.81. The van der Waals surface area contributed by atoms with Gasteiger partial charge in [0.05, 0.1) is 12.1 Å². The number of rotatable bonds is 5. The summed E-state index contributed by atoms with van der Waals surface area (Å²) in [4.78, 5) is 12.2. The van der Waals surface area contributed by atoms with Crippen LogP contribution in [0.1, 0.15) is 50.1 Å². The van der Waals surface area contributed by atoms with E-state index in [1.807, 2.05) is 30.3 Å². The molecule has 110 valence electrons. The zero-order chi connectivity index (χ0) is 14.4. The average molecular weight is 276 g/mol. The van der Waals surface area contributed by atoms with E-state index in [9.17, 15) is 9.90 Å². The summed E-state index contributed by atoms with van der Waals surface area (Å²) in [6.07, 6.45) is 5.27. The average Bonchev–Trinajstić information content (AvgIpc) is 2.49. The molecular formula is C16H24N2O2. The molecule has 20 heavy (non-hydrogen) atoms. The lowest BCUT2D eigenvalue weighted by Gasteiger charge is -2.36. The van der Waals surface area contributed by atoms with Gasteiger partial charge in [0.25, 0.3) is 0 Å². The quantitative estimate of drug-likeness (QED) is 0.768. The number of aliphatic hydroxyl groups is 1. The number of hydrogen-bond acceptors (Lipinski definition) is 3. The third-order valence-corrected chi connectivity index (χ3v) is 4.15. The van der Waals surface area contributed by atoms with E-state index < -0.39 is 5.54 Å². The van der Waals surface area contributed by atoms with Gasteiger partial charge in [0.15, 0.2) is 0 Å². The fourth-order valence-electron chi connectivity index (χ4n) is 2.92. The van der Waals surface area contributed by atoms with E-state index in [0.717, 1.165) is 31.2 Å². The molecule has 4 N–H and O–H groups in total. The highest BCUT2D eigenvalue weighted by molar-refractivity contribution is 5.77. The number of amides is 1. The Bertz CT molecular complexity index is 427. The van der Waals surface area contributed by atoms with E-state index in [4.69, 9.17) is 5.73 Å². The molecule has 0 bridgehead atoms. The van der Waals surface area contributed by atoms with Crippen molar-refractivity contribution < 1.29 is 9.90 Å². The van der Waals surface area contributed by atoms with Crippen LogP contribution in [-0.4, -0.2) is 23.2 Å². The van der Waals surface area contributed by atoms with Crippen LogP contribution < -0.4 is 11.1 Å². The highest BCUT2D eigenvalue weighted by Crippen LogP contribution is 2.28. The lowest BCUT2D eigenvalue weighted by Crippen LogP contribution is -2.52. The molecule has 0 heterocycles. The number of hydrogen-bond donors (Lipinski definition) is 3. The van der Waals surface area contributed by atoms with Gasteiger partial charge in [-0.15, -0.1) is 0 Å². The lowest BCUT2D eigenvalue weighted by atomic mass is 9.82. The fourth-order valence-corrected chi connectivity index (χ4v) is 2.92. The van der Waals surface area contributed by atoms with Gasteiger partial charge in [-0.1, -0.05) is 49.6 Å². The van der Waals surface area contributed by atoms with Crippen LogP contribution in [0.15, 0.2) is 30.3 Å². The SMILES string of the molecule is NC(CC(=O)NC1(CO)CCCCC1)c1ccccc1. The van der Waals surface area contributed by atoms with Crippen molar-refractivity contribution in [1.29, 1.82) is 0 Å². The molecule has 1 aliphatic rings. The molecule has 1 fully saturated rings. The fraction of sp³-hybridized carbons (Fsp3) is 0.562. The summed E-state index contributed by atoms with van der Waals surface area (Å²) in [7, 11) is 0. The Kier molecular flexibility index (Phi) is 5.15. The Morgan fingerprint density at radius 2 is 1.90 bits per heavy atom. The Balaban J connectivity index is 1.91. The summed E-state index contributed by atoms with van der Waals surface area (Å²) >= 11 is 0. The topological polar surface area (TPSA) is 75.4 Å². The normalized spacial score (nSPS) is 19.3. The van der Waals surface area contributed by atoms with Crippen molar-refractivity contribution in [2.24, 2.45) is 5.73 Å². The molecule has 1 amide bonds. The maximum Gasteiger partial charge on any atom is 0.222 e. The number of nitrogens with two attached hydrogens (primary N) is 1. The van der Waals surface area contributed by atoms with Crippen molar-refractivity contribution in [1.82, 2.24) is 5.32 Å². The number of nitrogens with one attached hydrogen (secondary N) is 1. The Labute approximate surface area is 120 Å². The highest BCUT2D eigenvalue weighted by atomic mass is 16.3. The van der Waals surface area contributed by atoms with Crippen LogP contribution in [0.3, 0.4) is 0 Å². The highest BCUT2D eigenvalue weighted by Gasteiger charge is 2.33. The van der Waals surface area contributed by atoms with Crippen molar-refractivity contribution in [3.8, 4) is 0 Å². The number of carbonyl (C=O) groups is 1. The van der Waals surface area contributed by atoms with Gasteiger partial charge in [0, 0.05) is 12.5 Å². The van der Waals surface area contributed by atoms with Gasteiger partial charge in [-0.25, -0.2) is 0 Å². The van der Waals surface area contributed by atoms with Crippen molar-refractivity contribution in [3.05, 3.63) is 35.9 Å². The second-order valence-corrected chi connectivity index (χ2v) is 5.77. The monoisotopic (exact) mass is 276 g/mol. The second-order valence-electron chi connectivity index (χ2n) is 5.77. The smallest absolute Gasteiger partial charge is 0.222 e. The standard InChI is InChI=1S/C16H24N2O2/c17-14(13-7-3-1-4-8-13)11-15(20)18-16(12-19)9-5-2-6-10-16/h1,3-4,7-8,14,19H,2,5-6,9-12,17H2,(H,18,20). The van der Waals surface area contributed by atoms with E-state index in [-0.39, 0.29) is 25.0 Å². The van der Waals surface area contributed by atoms with Crippen LogP contribution in [0.25, 0.3) is 0 Å². The maximum atomic E-state index is 12.2. The third-order valence-electron chi connectivity index (χ3n) is 4.15. The predicted molar refractivity (Wildman–Crippen MR) is 79.0 cm³/mol. The predicted octanol–water partition coefficient (Wildman–Crippen LogP) is 1.89. The zero-order valence-electron chi connectivity index (χ0n) is 11.8. The van der Waals surface area contributed by atoms with Crippen LogP contribution in [0, 0.1) is 0 Å². The molecule has 1 aromatic carbocycles. The van der Waals surface area contributed by atoms with Gasteiger partial charge < -0.3 is 16.2 Å². The Morgan fingerprint density at radius 3 is 2.50 bits per heavy atom. The van der Waals surface area contributed by atoms with Crippen molar-refractivity contribution in [2.75, 3.05) is 6.61 Å². The van der Waals surface area contributed by atoms with Crippen molar-refractivity contribution in [3.63, 3.8) is 0 Å². The molecular weight excluding hydrogens is 252 g/mol.